The fraction of sp³-hybridized carbons (Fsp3) is 0.429. The van der Waals surface area contributed by atoms with Crippen LogP contribution in [0.5, 0.6) is 0 Å². The Morgan fingerprint density at radius 3 is 3.09 bits per heavy atom. The Hall–Kier alpha value is -1.16. The van der Waals surface area contributed by atoms with Crippen LogP contribution in [-0.4, -0.2) is 22.8 Å². The van der Waals surface area contributed by atoms with Gasteiger partial charge in [0, 0.05) is 18.8 Å². The molecule has 60 valence electrons. The molecule has 1 atom stereocenters. The van der Waals surface area contributed by atoms with E-state index in [4.69, 9.17) is 5.73 Å². The van der Waals surface area contributed by atoms with E-state index in [1.807, 2.05) is 19.1 Å². The lowest BCUT2D eigenvalue weighted by Gasteiger charge is -2.09. The predicted molar refractivity (Wildman–Crippen MR) is 44.2 cm³/mol. The summed E-state index contributed by atoms with van der Waals surface area (Å²) in [5, 5.41) is 10.7. The lowest BCUT2D eigenvalue weighted by molar-refractivity contribution is 0.792. The van der Waals surface area contributed by atoms with Gasteiger partial charge in [0.15, 0.2) is 0 Å². The summed E-state index contributed by atoms with van der Waals surface area (Å²) >= 11 is 0. The largest absolute Gasteiger partial charge is 0.365 e. The van der Waals surface area contributed by atoms with E-state index in [0.717, 1.165) is 5.82 Å². The van der Waals surface area contributed by atoms with Gasteiger partial charge in [-0.05, 0) is 19.1 Å². The Balaban J connectivity index is 2.51. The highest BCUT2D eigenvalue weighted by Gasteiger charge is 1.97. The van der Waals surface area contributed by atoms with Crippen LogP contribution >= 0.6 is 0 Å². The molecule has 4 nitrogen and oxygen atoms in total. The molecule has 0 saturated heterocycles. The number of nitrogens with two attached hydrogens (primary N) is 1. The van der Waals surface area contributed by atoms with E-state index < -0.39 is 0 Å². The molecule has 0 aliphatic carbocycles. The van der Waals surface area contributed by atoms with Crippen molar-refractivity contribution < 1.29 is 0 Å². The van der Waals surface area contributed by atoms with Gasteiger partial charge in [-0.1, -0.05) is 0 Å². The number of hydrogen-bond donors (Lipinski definition) is 2. The van der Waals surface area contributed by atoms with Gasteiger partial charge >= 0.3 is 0 Å². The molecule has 1 heterocycles. The van der Waals surface area contributed by atoms with E-state index >= 15 is 0 Å². The van der Waals surface area contributed by atoms with Crippen LogP contribution in [0.3, 0.4) is 0 Å². The number of nitrogens with one attached hydrogen (secondary N) is 1. The third-order valence-electron chi connectivity index (χ3n) is 1.32. The average Bonchev–Trinajstić information content (AvgIpc) is 2.06. The zero-order chi connectivity index (χ0) is 8.10. The van der Waals surface area contributed by atoms with Crippen LogP contribution < -0.4 is 11.1 Å². The second-order valence-electron chi connectivity index (χ2n) is 2.39. The summed E-state index contributed by atoms with van der Waals surface area (Å²) in [5.41, 5.74) is 5.41. The van der Waals surface area contributed by atoms with Gasteiger partial charge in [-0.15, -0.1) is 5.10 Å². The van der Waals surface area contributed by atoms with Crippen LogP contribution in [0.1, 0.15) is 6.92 Å². The molecule has 0 spiro atoms. The molecule has 0 aliphatic heterocycles. The standard InChI is InChI=1S/C7H12N4/c1-6(5-8)10-7-3-2-4-9-11-7/h2-4,6H,5,8H2,1H3,(H,10,11). The zero-order valence-electron chi connectivity index (χ0n) is 6.49. The van der Waals surface area contributed by atoms with Gasteiger partial charge in [0.2, 0.25) is 0 Å². The summed E-state index contributed by atoms with van der Waals surface area (Å²) in [6.07, 6.45) is 1.64. The molecule has 0 aliphatic rings. The van der Waals surface area contributed by atoms with Crippen molar-refractivity contribution in [3.63, 3.8) is 0 Å². The van der Waals surface area contributed by atoms with Gasteiger partial charge in [-0.2, -0.15) is 5.10 Å². The summed E-state index contributed by atoms with van der Waals surface area (Å²) in [7, 11) is 0. The van der Waals surface area contributed by atoms with Crippen LogP contribution in [0.4, 0.5) is 5.82 Å². The molecule has 3 N–H and O–H groups in total. The van der Waals surface area contributed by atoms with E-state index in [2.05, 4.69) is 15.5 Å². The minimum atomic E-state index is 0.242. The average molecular weight is 152 g/mol. The molecule has 0 amide bonds. The topological polar surface area (TPSA) is 63.8 Å². The summed E-state index contributed by atoms with van der Waals surface area (Å²) in [4.78, 5) is 0. The van der Waals surface area contributed by atoms with E-state index in [9.17, 15) is 0 Å². The monoisotopic (exact) mass is 152 g/mol. The molecule has 1 rings (SSSR count). The van der Waals surface area contributed by atoms with Gasteiger partial charge in [0.05, 0.1) is 0 Å². The van der Waals surface area contributed by atoms with Crippen LogP contribution in [0.25, 0.3) is 0 Å². The summed E-state index contributed by atoms with van der Waals surface area (Å²) in [5.74, 6) is 0.769. The minimum absolute atomic E-state index is 0.242. The Morgan fingerprint density at radius 2 is 2.55 bits per heavy atom. The lowest BCUT2D eigenvalue weighted by Crippen LogP contribution is -2.25. The highest BCUT2D eigenvalue weighted by atomic mass is 15.2. The van der Waals surface area contributed by atoms with Crippen molar-refractivity contribution in [2.24, 2.45) is 5.73 Å². The van der Waals surface area contributed by atoms with Gasteiger partial charge in [-0.3, -0.25) is 0 Å². The Bertz CT molecular complexity index is 199. The summed E-state index contributed by atoms with van der Waals surface area (Å²) in [6.45, 7) is 2.59. The smallest absolute Gasteiger partial charge is 0.148 e. The normalized spacial score (nSPS) is 12.5. The maximum atomic E-state index is 5.41. The third-order valence-corrected chi connectivity index (χ3v) is 1.32. The zero-order valence-corrected chi connectivity index (χ0v) is 6.49. The van der Waals surface area contributed by atoms with Crippen molar-refractivity contribution in [2.45, 2.75) is 13.0 Å². The number of anilines is 1. The molecule has 1 unspecified atom stereocenters. The molecular weight excluding hydrogens is 140 g/mol. The molecule has 0 fully saturated rings. The van der Waals surface area contributed by atoms with Crippen molar-refractivity contribution in [1.82, 2.24) is 10.2 Å². The van der Waals surface area contributed by atoms with Crippen molar-refractivity contribution >= 4 is 5.82 Å². The Labute approximate surface area is 65.8 Å². The highest BCUT2D eigenvalue weighted by molar-refractivity contribution is 5.32. The quantitative estimate of drug-likeness (QED) is 0.651. The molecular formula is C7H12N4. The number of hydrogen-bond acceptors (Lipinski definition) is 4. The molecule has 11 heavy (non-hydrogen) atoms. The molecule has 1 aromatic heterocycles. The molecule has 0 saturated carbocycles. The Morgan fingerprint density at radius 1 is 1.73 bits per heavy atom. The molecule has 1 aromatic rings. The first-order chi connectivity index (χ1) is 5.33. The van der Waals surface area contributed by atoms with Crippen molar-refractivity contribution in [3.05, 3.63) is 18.3 Å². The highest BCUT2D eigenvalue weighted by Crippen LogP contribution is 1.99. The van der Waals surface area contributed by atoms with Crippen LogP contribution in [0, 0.1) is 0 Å². The second-order valence-corrected chi connectivity index (χ2v) is 2.39. The first kappa shape index (κ1) is 7.94. The first-order valence-corrected chi connectivity index (χ1v) is 3.57. The van der Waals surface area contributed by atoms with Gasteiger partial charge in [-0.25, -0.2) is 0 Å². The predicted octanol–water partition coefficient (Wildman–Crippen LogP) is 0.236. The van der Waals surface area contributed by atoms with Crippen molar-refractivity contribution in [2.75, 3.05) is 11.9 Å². The number of aromatic nitrogens is 2. The fourth-order valence-electron chi connectivity index (χ4n) is 0.690. The molecule has 0 bridgehead atoms. The van der Waals surface area contributed by atoms with E-state index in [1.54, 1.807) is 6.20 Å². The van der Waals surface area contributed by atoms with E-state index in [0.29, 0.717) is 6.54 Å². The summed E-state index contributed by atoms with van der Waals surface area (Å²) < 4.78 is 0. The second kappa shape index (κ2) is 3.88. The number of rotatable bonds is 3. The maximum Gasteiger partial charge on any atom is 0.148 e. The lowest BCUT2D eigenvalue weighted by atomic mass is 10.3. The van der Waals surface area contributed by atoms with Crippen LogP contribution in [0.2, 0.25) is 0 Å². The minimum Gasteiger partial charge on any atom is -0.365 e. The SMILES string of the molecule is CC(CN)Nc1cccnn1. The van der Waals surface area contributed by atoms with Crippen LogP contribution in [0.15, 0.2) is 18.3 Å². The van der Waals surface area contributed by atoms with Crippen LogP contribution in [-0.2, 0) is 0 Å². The molecule has 0 aromatic carbocycles. The third kappa shape index (κ3) is 2.51. The molecule has 0 radical (unpaired) electrons. The van der Waals surface area contributed by atoms with E-state index in [-0.39, 0.29) is 6.04 Å². The fourth-order valence-corrected chi connectivity index (χ4v) is 0.690. The number of nitrogens with zero attached hydrogens (tertiary/aromatic N) is 2. The molecule has 4 heteroatoms. The van der Waals surface area contributed by atoms with Gasteiger partial charge < -0.3 is 11.1 Å². The summed E-state index contributed by atoms with van der Waals surface area (Å²) in [6, 6.07) is 3.93. The van der Waals surface area contributed by atoms with Crippen molar-refractivity contribution in [1.29, 1.82) is 0 Å². The van der Waals surface area contributed by atoms with E-state index in [1.165, 1.54) is 0 Å². The Kier molecular flexibility index (Phi) is 2.80. The van der Waals surface area contributed by atoms with Crippen molar-refractivity contribution in [3.8, 4) is 0 Å². The maximum absolute atomic E-state index is 5.41. The van der Waals surface area contributed by atoms with Gasteiger partial charge in [0.1, 0.15) is 5.82 Å². The van der Waals surface area contributed by atoms with Gasteiger partial charge in [0.25, 0.3) is 0 Å². The first-order valence-electron chi connectivity index (χ1n) is 3.57.